The van der Waals surface area contributed by atoms with Gasteiger partial charge in [-0.05, 0) is 61.2 Å². The minimum Gasteiger partial charge on any atom is -0.478 e. The van der Waals surface area contributed by atoms with Gasteiger partial charge in [-0.25, -0.2) is 17.6 Å². The summed E-state index contributed by atoms with van der Waals surface area (Å²) < 4.78 is 40.9. The maximum Gasteiger partial charge on any atom is 0.335 e. The van der Waals surface area contributed by atoms with Gasteiger partial charge in [0, 0.05) is 13.1 Å². The monoisotopic (exact) mass is 392 g/mol. The van der Waals surface area contributed by atoms with Gasteiger partial charge in [0.15, 0.2) is 0 Å². The molecular weight excluding hydrogens is 371 g/mol. The van der Waals surface area contributed by atoms with Gasteiger partial charge in [0.25, 0.3) is 10.0 Å². The third kappa shape index (κ3) is 4.39. The molecular formula is C19H21FN2O4S. The van der Waals surface area contributed by atoms with Gasteiger partial charge >= 0.3 is 5.97 Å². The number of nitrogens with one attached hydrogen (secondary N) is 1. The summed E-state index contributed by atoms with van der Waals surface area (Å²) in [4.78, 5) is 13.3. The zero-order chi connectivity index (χ0) is 19.6. The fourth-order valence-electron chi connectivity index (χ4n) is 3.09. The SMILES string of the molecule is CC1CCN(c2ccc(C(=O)O)cc2NS(=O)(=O)c2ccc(F)cc2)CC1. The van der Waals surface area contributed by atoms with Crippen molar-refractivity contribution in [2.45, 2.75) is 24.7 Å². The first-order valence-electron chi connectivity index (χ1n) is 8.67. The lowest BCUT2D eigenvalue weighted by Crippen LogP contribution is -2.33. The molecule has 1 saturated heterocycles. The van der Waals surface area contributed by atoms with Gasteiger partial charge < -0.3 is 10.0 Å². The molecule has 0 aromatic heterocycles. The van der Waals surface area contributed by atoms with Crippen LogP contribution < -0.4 is 9.62 Å². The maximum absolute atomic E-state index is 13.1. The van der Waals surface area contributed by atoms with Gasteiger partial charge in [0.05, 0.1) is 21.8 Å². The summed E-state index contributed by atoms with van der Waals surface area (Å²) in [6, 6.07) is 8.87. The fraction of sp³-hybridized carbons (Fsp3) is 0.316. The van der Waals surface area contributed by atoms with Crippen LogP contribution in [0.2, 0.25) is 0 Å². The van der Waals surface area contributed by atoms with Crippen LogP contribution in [0.25, 0.3) is 0 Å². The van der Waals surface area contributed by atoms with E-state index in [1.165, 1.54) is 24.3 Å². The molecule has 8 heteroatoms. The second-order valence-corrected chi connectivity index (χ2v) is 8.45. The molecule has 27 heavy (non-hydrogen) atoms. The molecule has 0 amide bonds. The number of carboxylic acid groups (broad SMARTS) is 1. The number of sulfonamides is 1. The Balaban J connectivity index is 1.97. The average molecular weight is 392 g/mol. The van der Waals surface area contributed by atoms with Crippen molar-refractivity contribution in [2.24, 2.45) is 5.92 Å². The minimum atomic E-state index is -3.98. The Morgan fingerprint density at radius 2 is 1.78 bits per heavy atom. The second-order valence-electron chi connectivity index (χ2n) is 6.77. The van der Waals surface area contributed by atoms with E-state index in [0.717, 1.165) is 38.1 Å². The molecule has 2 aromatic rings. The van der Waals surface area contributed by atoms with Crippen molar-refractivity contribution in [3.63, 3.8) is 0 Å². The number of hydrogen-bond acceptors (Lipinski definition) is 4. The van der Waals surface area contributed by atoms with Crippen molar-refractivity contribution in [1.29, 1.82) is 0 Å². The Morgan fingerprint density at radius 1 is 1.15 bits per heavy atom. The summed E-state index contributed by atoms with van der Waals surface area (Å²) >= 11 is 0. The predicted molar refractivity (Wildman–Crippen MR) is 101 cm³/mol. The van der Waals surface area contributed by atoms with E-state index in [1.54, 1.807) is 6.07 Å². The molecule has 2 N–H and O–H groups in total. The molecule has 3 rings (SSSR count). The van der Waals surface area contributed by atoms with Crippen molar-refractivity contribution in [2.75, 3.05) is 22.7 Å². The van der Waals surface area contributed by atoms with E-state index in [-0.39, 0.29) is 16.1 Å². The quantitative estimate of drug-likeness (QED) is 0.812. The first-order chi connectivity index (χ1) is 12.8. The van der Waals surface area contributed by atoms with Crippen LogP contribution in [0.5, 0.6) is 0 Å². The van der Waals surface area contributed by atoms with Crippen molar-refractivity contribution in [3.8, 4) is 0 Å². The Labute approximate surface area is 157 Å². The summed E-state index contributed by atoms with van der Waals surface area (Å²) in [5.41, 5.74) is 0.826. The molecule has 0 unspecified atom stereocenters. The Kier molecular flexibility index (Phi) is 5.36. The molecule has 1 fully saturated rings. The largest absolute Gasteiger partial charge is 0.478 e. The number of aromatic carboxylic acids is 1. The van der Waals surface area contributed by atoms with Crippen LogP contribution in [0.4, 0.5) is 15.8 Å². The highest BCUT2D eigenvalue weighted by molar-refractivity contribution is 7.92. The van der Waals surface area contributed by atoms with Crippen LogP contribution >= 0.6 is 0 Å². The van der Waals surface area contributed by atoms with Gasteiger partial charge in [0.2, 0.25) is 0 Å². The number of anilines is 2. The number of carboxylic acids is 1. The molecule has 0 saturated carbocycles. The molecule has 1 heterocycles. The predicted octanol–water partition coefficient (Wildman–Crippen LogP) is 3.56. The molecule has 2 aromatic carbocycles. The lowest BCUT2D eigenvalue weighted by Gasteiger charge is -2.33. The highest BCUT2D eigenvalue weighted by Gasteiger charge is 2.23. The first-order valence-corrected chi connectivity index (χ1v) is 10.2. The highest BCUT2D eigenvalue weighted by atomic mass is 32.2. The van der Waals surface area contributed by atoms with Crippen LogP contribution in [-0.2, 0) is 10.0 Å². The second kappa shape index (κ2) is 7.56. The molecule has 0 atom stereocenters. The Hall–Kier alpha value is -2.61. The van der Waals surface area contributed by atoms with E-state index < -0.39 is 21.8 Å². The highest BCUT2D eigenvalue weighted by Crippen LogP contribution is 2.32. The average Bonchev–Trinajstić information content (AvgIpc) is 2.62. The molecule has 0 bridgehead atoms. The van der Waals surface area contributed by atoms with Crippen molar-refractivity contribution < 1.29 is 22.7 Å². The summed E-state index contributed by atoms with van der Waals surface area (Å²) in [7, 11) is -3.98. The van der Waals surface area contributed by atoms with Crippen molar-refractivity contribution in [3.05, 3.63) is 53.8 Å². The zero-order valence-corrected chi connectivity index (χ0v) is 15.7. The number of benzene rings is 2. The number of hydrogen-bond donors (Lipinski definition) is 2. The van der Waals surface area contributed by atoms with E-state index in [9.17, 15) is 22.7 Å². The molecule has 1 aliphatic rings. The summed E-state index contributed by atoms with van der Waals surface area (Å²) in [5, 5.41) is 9.26. The van der Waals surface area contributed by atoms with Crippen LogP contribution in [0.15, 0.2) is 47.4 Å². The lowest BCUT2D eigenvalue weighted by molar-refractivity contribution is 0.0697. The fourth-order valence-corrected chi connectivity index (χ4v) is 4.16. The zero-order valence-electron chi connectivity index (χ0n) is 14.9. The smallest absolute Gasteiger partial charge is 0.335 e. The number of rotatable bonds is 5. The first kappa shape index (κ1) is 19.2. The topological polar surface area (TPSA) is 86.7 Å². The van der Waals surface area contributed by atoms with Crippen LogP contribution in [0, 0.1) is 11.7 Å². The number of carbonyl (C=O) groups is 1. The lowest BCUT2D eigenvalue weighted by atomic mass is 9.98. The van der Waals surface area contributed by atoms with Gasteiger partial charge in [-0.1, -0.05) is 6.92 Å². The van der Waals surface area contributed by atoms with Crippen LogP contribution in [0.3, 0.4) is 0 Å². The van der Waals surface area contributed by atoms with E-state index in [4.69, 9.17) is 0 Å². The maximum atomic E-state index is 13.1. The molecule has 0 aliphatic carbocycles. The van der Waals surface area contributed by atoms with Crippen LogP contribution in [-0.4, -0.2) is 32.6 Å². The summed E-state index contributed by atoms with van der Waals surface area (Å²) in [6.07, 6.45) is 1.95. The normalized spacial score (nSPS) is 15.6. The standard InChI is InChI=1S/C19H21FN2O4S/c1-13-8-10-22(11-9-13)18-7-2-14(19(23)24)12-17(18)21-27(25,26)16-5-3-15(20)4-6-16/h2-7,12-13,21H,8-11H2,1H3,(H,23,24). The van der Waals surface area contributed by atoms with Crippen molar-refractivity contribution in [1.82, 2.24) is 0 Å². The number of piperidine rings is 1. The van der Waals surface area contributed by atoms with Gasteiger partial charge in [-0.2, -0.15) is 0 Å². The molecule has 6 nitrogen and oxygen atoms in total. The van der Waals surface area contributed by atoms with Gasteiger partial charge in [-0.3, -0.25) is 4.72 Å². The van der Waals surface area contributed by atoms with E-state index in [2.05, 4.69) is 11.6 Å². The van der Waals surface area contributed by atoms with Gasteiger partial charge in [-0.15, -0.1) is 0 Å². The Bertz CT molecular complexity index is 937. The minimum absolute atomic E-state index is 0.0130. The van der Waals surface area contributed by atoms with Crippen LogP contribution in [0.1, 0.15) is 30.1 Å². The Morgan fingerprint density at radius 3 is 2.37 bits per heavy atom. The molecule has 0 radical (unpaired) electrons. The summed E-state index contributed by atoms with van der Waals surface area (Å²) in [5.74, 6) is -1.08. The van der Waals surface area contributed by atoms with E-state index in [0.29, 0.717) is 11.6 Å². The molecule has 144 valence electrons. The molecule has 1 aliphatic heterocycles. The number of halogens is 1. The van der Waals surface area contributed by atoms with E-state index in [1.807, 2.05) is 4.90 Å². The summed E-state index contributed by atoms with van der Waals surface area (Å²) in [6.45, 7) is 3.70. The molecule has 0 spiro atoms. The van der Waals surface area contributed by atoms with Crippen molar-refractivity contribution >= 4 is 27.4 Å². The third-order valence-electron chi connectivity index (χ3n) is 4.74. The third-order valence-corrected chi connectivity index (χ3v) is 6.12. The number of nitrogens with zero attached hydrogens (tertiary/aromatic N) is 1. The van der Waals surface area contributed by atoms with Gasteiger partial charge in [0.1, 0.15) is 5.82 Å². The van der Waals surface area contributed by atoms with E-state index >= 15 is 0 Å².